The molecule has 0 spiro atoms. The minimum atomic E-state index is -0.751. The van der Waals surface area contributed by atoms with Crippen LogP contribution >= 0.6 is 0 Å². The highest BCUT2D eigenvalue weighted by molar-refractivity contribution is 5.98. The number of likely N-dealkylation sites (tertiary alicyclic amines) is 1. The number of hydrogen-bond donors (Lipinski definition) is 2. The molecule has 2 N–H and O–H groups in total. The number of piperidine rings is 1. The third-order valence-corrected chi connectivity index (χ3v) is 6.30. The van der Waals surface area contributed by atoms with Crippen molar-refractivity contribution in [2.75, 3.05) is 20.2 Å². The maximum Gasteiger partial charge on any atom is 0.256 e. The van der Waals surface area contributed by atoms with E-state index in [-0.39, 0.29) is 35.2 Å². The van der Waals surface area contributed by atoms with Gasteiger partial charge in [0.05, 0.1) is 12.7 Å². The third-order valence-electron chi connectivity index (χ3n) is 6.30. The van der Waals surface area contributed by atoms with Crippen LogP contribution in [0.2, 0.25) is 0 Å². The fourth-order valence-corrected chi connectivity index (χ4v) is 4.06. The van der Waals surface area contributed by atoms with Gasteiger partial charge < -0.3 is 20.3 Å². The molecule has 3 amide bonds. The Bertz CT molecular complexity index is 1020. The summed E-state index contributed by atoms with van der Waals surface area (Å²) in [4.78, 5) is 40.4. The highest BCUT2D eigenvalue weighted by Gasteiger charge is 2.35. The van der Waals surface area contributed by atoms with Gasteiger partial charge in [-0.25, -0.2) is 4.39 Å². The lowest BCUT2D eigenvalue weighted by Gasteiger charge is -2.36. The molecule has 0 saturated carbocycles. The Morgan fingerprint density at radius 3 is 2.44 bits per heavy atom. The average molecular weight is 470 g/mol. The molecule has 8 heteroatoms. The zero-order valence-corrected chi connectivity index (χ0v) is 19.8. The van der Waals surface area contributed by atoms with Gasteiger partial charge in [0.15, 0.2) is 0 Å². The first kappa shape index (κ1) is 25.2. The van der Waals surface area contributed by atoms with Gasteiger partial charge in [0.1, 0.15) is 17.6 Å². The predicted molar refractivity (Wildman–Crippen MR) is 127 cm³/mol. The summed E-state index contributed by atoms with van der Waals surface area (Å²) in [5.74, 6) is -1.14. The molecule has 0 bridgehead atoms. The Labute approximate surface area is 199 Å². The summed E-state index contributed by atoms with van der Waals surface area (Å²) in [7, 11) is 1.52. The average Bonchev–Trinajstić information content (AvgIpc) is 2.87. The maximum absolute atomic E-state index is 14.1. The first-order valence-electron chi connectivity index (χ1n) is 11.6. The van der Waals surface area contributed by atoms with Crippen LogP contribution < -0.4 is 15.4 Å². The molecule has 2 atom stereocenters. The number of halogens is 1. The standard InChI is InChI=1S/C26H32FN3O4/c1-4-17(2)28-25(32)23(29-24(31)19-8-7-9-20(16-19)34-3)18-12-14-30(15-13-18)26(33)21-10-5-6-11-22(21)27/h5-11,16-18,23H,4,12-15H2,1-3H3,(H,28,32)(H,29,31)/t17-,23-/m0/s1. The Morgan fingerprint density at radius 2 is 1.79 bits per heavy atom. The maximum atomic E-state index is 14.1. The second kappa shape index (κ2) is 11.6. The van der Waals surface area contributed by atoms with E-state index in [1.54, 1.807) is 41.3 Å². The number of hydrogen-bond acceptors (Lipinski definition) is 4. The Balaban J connectivity index is 1.72. The monoisotopic (exact) mass is 469 g/mol. The highest BCUT2D eigenvalue weighted by Crippen LogP contribution is 2.24. The molecular weight excluding hydrogens is 437 g/mol. The number of ether oxygens (including phenoxy) is 1. The molecule has 182 valence electrons. The van der Waals surface area contributed by atoms with Crippen LogP contribution in [0.4, 0.5) is 4.39 Å². The number of nitrogens with one attached hydrogen (secondary N) is 2. The van der Waals surface area contributed by atoms with Gasteiger partial charge in [-0.1, -0.05) is 25.1 Å². The summed E-state index contributed by atoms with van der Waals surface area (Å²) < 4.78 is 19.3. The molecule has 0 radical (unpaired) electrons. The van der Waals surface area contributed by atoms with Crippen molar-refractivity contribution in [1.29, 1.82) is 0 Å². The fraction of sp³-hybridized carbons (Fsp3) is 0.423. The third kappa shape index (κ3) is 6.12. The minimum Gasteiger partial charge on any atom is -0.497 e. The van der Waals surface area contributed by atoms with Crippen LogP contribution in [0.5, 0.6) is 5.75 Å². The molecule has 1 aliphatic heterocycles. The van der Waals surface area contributed by atoms with E-state index < -0.39 is 11.9 Å². The number of rotatable bonds is 8. The number of methoxy groups -OCH3 is 1. The van der Waals surface area contributed by atoms with Crippen LogP contribution in [0.3, 0.4) is 0 Å². The summed E-state index contributed by atoms with van der Waals surface area (Å²) >= 11 is 0. The summed E-state index contributed by atoms with van der Waals surface area (Å²) in [5.41, 5.74) is 0.436. The largest absolute Gasteiger partial charge is 0.497 e. The van der Waals surface area contributed by atoms with E-state index >= 15 is 0 Å². The topological polar surface area (TPSA) is 87.7 Å². The molecule has 0 aliphatic carbocycles. The van der Waals surface area contributed by atoms with Crippen molar-refractivity contribution in [3.05, 3.63) is 65.5 Å². The van der Waals surface area contributed by atoms with Crippen molar-refractivity contribution in [3.8, 4) is 5.75 Å². The highest BCUT2D eigenvalue weighted by atomic mass is 19.1. The molecule has 0 aromatic heterocycles. The summed E-state index contributed by atoms with van der Waals surface area (Å²) in [5, 5.41) is 5.86. The molecule has 1 heterocycles. The molecule has 7 nitrogen and oxygen atoms in total. The molecule has 2 aromatic carbocycles. The summed E-state index contributed by atoms with van der Waals surface area (Å²) in [6.45, 7) is 4.63. The zero-order valence-electron chi connectivity index (χ0n) is 19.8. The van der Waals surface area contributed by atoms with Crippen LogP contribution in [-0.4, -0.2) is 54.9 Å². The normalized spacial score (nSPS) is 15.8. The number of carbonyl (C=O) groups excluding carboxylic acids is 3. The molecule has 3 rings (SSSR count). The Morgan fingerprint density at radius 1 is 1.09 bits per heavy atom. The first-order valence-corrected chi connectivity index (χ1v) is 11.6. The molecule has 1 aliphatic rings. The fourth-order valence-electron chi connectivity index (χ4n) is 4.06. The van der Waals surface area contributed by atoms with Gasteiger partial charge in [0, 0.05) is 24.7 Å². The van der Waals surface area contributed by atoms with E-state index in [0.29, 0.717) is 37.2 Å². The van der Waals surface area contributed by atoms with E-state index in [0.717, 1.165) is 6.42 Å². The Hall–Kier alpha value is -3.42. The number of carbonyl (C=O) groups is 3. The van der Waals surface area contributed by atoms with Crippen molar-refractivity contribution in [3.63, 3.8) is 0 Å². The van der Waals surface area contributed by atoms with Crippen molar-refractivity contribution in [1.82, 2.24) is 15.5 Å². The van der Waals surface area contributed by atoms with Crippen LogP contribution in [0.15, 0.2) is 48.5 Å². The zero-order chi connectivity index (χ0) is 24.7. The Kier molecular flexibility index (Phi) is 8.62. The first-order chi connectivity index (χ1) is 16.3. The molecule has 0 unspecified atom stereocenters. The second-order valence-corrected chi connectivity index (χ2v) is 8.61. The number of amides is 3. The lowest BCUT2D eigenvalue weighted by molar-refractivity contribution is -0.125. The van der Waals surface area contributed by atoms with E-state index in [1.165, 1.54) is 19.2 Å². The molecular formula is C26H32FN3O4. The van der Waals surface area contributed by atoms with Crippen molar-refractivity contribution in [2.45, 2.75) is 45.2 Å². The van der Waals surface area contributed by atoms with Crippen molar-refractivity contribution >= 4 is 17.7 Å². The van der Waals surface area contributed by atoms with Crippen LogP contribution in [0.1, 0.15) is 53.8 Å². The van der Waals surface area contributed by atoms with Gasteiger partial charge in [0.25, 0.3) is 11.8 Å². The number of benzene rings is 2. The summed E-state index contributed by atoms with van der Waals surface area (Å²) in [6.07, 6.45) is 1.78. The molecule has 2 aromatic rings. The lowest BCUT2D eigenvalue weighted by Crippen LogP contribution is -2.55. The van der Waals surface area contributed by atoms with Gasteiger partial charge in [-0.2, -0.15) is 0 Å². The second-order valence-electron chi connectivity index (χ2n) is 8.61. The van der Waals surface area contributed by atoms with Crippen LogP contribution in [0.25, 0.3) is 0 Å². The lowest BCUT2D eigenvalue weighted by atomic mass is 9.88. The van der Waals surface area contributed by atoms with E-state index in [9.17, 15) is 18.8 Å². The quantitative estimate of drug-likeness (QED) is 0.620. The van der Waals surface area contributed by atoms with Gasteiger partial charge in [-0.05, 0) is 62.4 Å². The van der Waals surface area contributed by atoms with Crippen LogP contribution in [0, 0.1) is 11.7 Å². The number of nitrogens with zero attached hydrogens (tertiary/aromatic N) is 1. The molecule has 34 heavy (non-hydrogen) atoms. The van der Waals surface area contributed by atoms with E-state index in [1.807, 2.05) is 13.8 Å². The smallest absolute Gasteiger partial charge is 0.256 e. The van der Waals surface area contributed by atoms with Gasteiger partial charge >= 0.3 is 0 Å². The van der Waals surface area contributed by atoms with Gasteiger partial charge in [0.2, 0.25) is 5.91 Å². The SMILES string of the molecule is CC[C@H](C)NC(=O)[C@@H](NC(=O)c1cccc(OC)c1)C1CCN(C(=O)c2ccccc2F)CC1. The van der Waals surface area contributed by atoms with E-state index in [2.05, 4.69) is 10.6 Å². The minimum absolute atomic E-state index is 0.0357. The van der Waals surface area contributed by atoms with E-state index in [4.69, 9.17) is 4.74 Å². The molecule has 1 saturated heterocycles. The van der Waals surface area contributed by atoms with Gasteiger partial charge in [-0.3, -0.25) is 14.4 Å². The van der Waals surface area contributed by atoms with Crippen LogP contribution in [-0.2, 0) is 4.79 Å². The summed E-state index contributed by atoms with van der Waals surface area (Å²) in [6, 6.07) is 11.9. The molecule has 1 fully saturated rings. The van der Waals surface area contributed by atoms with Crippen molar-refractivity contribution in [2.24, 2.45) is 5.92 Å². The van der Waals surface area contributed by atoms with Crippen molar-refractivity contribution < 1.29 is 23.5 Å². The van der Waals surface area contributed by atoms with Gasteiger partial charge in [-0.15, -0.1) is 0 Å². The predicted octanol–water partition coefficient (Wildman–Crippen LogP) is 3.40.